The molecular formula is C19H16BrN3O2S. The number of hydrogen-bond donors (Lipinski definition) is 1. The number of thioether (sulfide) groups is 1. The number of halogens is 1. The Morgan fingerprint density at radius 2 is 1.85 bits per heavy atom. The van der Waals surface area contributed by atoms with Crippen molar-refractivity contribution < 1.29 is 9.53 Å². The Hall–Kier alpha value is -2.38. The highest BCUT2D eigenvalue weighted by molar-refractivity contribution is 9.10. The van der Waals surface area contributed by atoms with Crippen LogP contribution in [0.1, 0.15) is 0 Å². The Labute approximate surface area is 164 Å². The molecule has 0 aliphatic rings. The highest BCUT2D eigenvalue weighted by Gasteiger charge is 2.09. The van der Waals surface area contributed by atoms with E-state index in [1.54, 1.807) is 7.11 Å². The number of carbonyl (C=O) groups is 1. The highest BCUT2D eigenvalue weighted by atomic mass is 79.9. The molecule has 0 unspecified atom stereocenters. The summed E-state index contributed by atoms with van der Waals surface area (Å²) in [4.78, 5) is 12.0. The van der Waals surface area contributed by atoms with Gasteiger partial charge in [0.2, 0.25) is 5.91 Å². The number of nitrogens with one attached hydrogen (secondary N) is 1. The lowest BCUT2D eigenvalue weighted by Gasteiger charge is -2.07. The Morgan fingerprint density at radius 3 is 2.54 bits per heavy atom. The average Bonchev–Trinajstić information content (AvgIpc) is 2.68. The van der Waals surface area contributed by atoms with Crippen LogP contribution in [0.5, 0.6) is 5.75 Å². The van der Waals surface area contributed by atoms with E-state index in [1.807, 2.05) is 60.7 Å². The predicted molar refractivity (Wildman–Crippen MR) is 108 cm³/mol. The van der Waals surface area contributed by atoms with Gasteiger partial charge < -0.3 is 10.1 Å². The zero-order valence-corrected chi connectivity index (χ0v) is 16.4. The van der Waals surface area contributed by atoms with Gasteiger partial charge in [0.1, 0.15) is 10.8 Å². The minimum atomic E-state index is -0.0899. The van der Waals surface area contributed by atoms with E-state index in [2.05, 4.69) is 31.4 Å². The van der Waals surface area contributed by atoms with Crippen LogP contribution >= 0.6 is 27.7 Å². The fourth-order valence-electron chi connectivity index (χ4n) is 2.27. The molecule has 3 aromatic rings. The molecule has 0 spiro atoms. The molecule has 0 saturated heterocycles. The summed E-state index contributed by atoms with van der Waals surface area (Å²) >= 11 is 4.70. The Bertz CT molecular complexity index is 886. The number of anilines is 1. The van der Waals surface area contributed by atoms with Gasteiger partial charge in [-0.25, -0.2) is 0 Å². The van der Waals surface area contributed by atoms with Crippen LogP contribution in [-0.4, -0.2) is 29.0 Å². The number of aromatic nitrogens is 2. The first kappa shape index (κ1) is 18.4. The summed E-state index contributed by atoms with van der Waals surface area (Å²) < 4.78 is 6.31. The fourth-order valence-corrected chi connectivity index (χ4v) is 3.15. The summed E-state index contributed by atoms with van der Waals surface area (Å²) in [6.07, 6.45) is 0. The number of rotatable bonds is 6. The quantitative estimate of drug-likeness (QED) is 0.577. The maximum Gasteiger partial charge on any atom is 0.234 e. The van der Waals surface area contributed by atoms with Crippen molar-refractivity contribution in [2.75, 3.05) is 18.2 Å². The van der Waals surface area contributed by atoms with Gasteiger partial charge in [-0.2, -0.15) is 0 Å². The van der Waals surface area contributed by atoms with Gasteiger partial charge >= 0.3 is 0 Å². The van der Waals surface area contributed by atoms with Gasteiger partial charge in [0, 0.05) is 15.7 Å². The lowest BCUT2D eigenvalue weighted by Crippen LogP contribution is -2.14. The summed E-state index contributed by atoms with van der Waals surface area (Å²) in [5.41, 5.74) is 2.37. The molecule has 3 rings (SSSR count). The number of ether oxygens (including phenoxy) is 1. The van der Waals surface area contributed by atoms with Crippen molar-refractivity contribution in [2.45, 2.75) is 5.03 Å². The van der Waals surface area contributed by atoms with Crippen molar-refractivity contribution in [1.29, 1.82) is 0 Å². The van der Waals surface area contributed by atoms with E-state index in [9.17, 15) is 4.79 Å². The van der Waals surface area contributed by atoms with Gasteiger partial charge in [0.15, 0.2) is 0 Å². The van der Waals surface area contributed by atoms with Gasteiger partial charge in [-0.1, -0.05) is 39.8 Å². The second-order valence-electron chi connectivity index (χ2n) is 5.30. The van der Waals surface area contributed by atoms with Crippen LogP contribution in [-0.2, 0) is 4.79 Å². The number of benzene rings is 2. The number of para-hydroxylation sites is 1. The molecule has 1 aromatic heterocycles. The van der Waals surface area contributed by atoms with Crippen LogP contribution in [0.3, 0.4) is 0 Å². The SMILES string of the molecule is COc1ccccc1-c1ccc(SCC(=O)Nc2ccc(Br)cc2)nn1. The Morgan fingerprint density at radius 1 is 1.08 bits per heavy atom. The van der Waals surface area contributed by atoms with E-state index in [4.69, 9.17) is 4.74 Å². The van der Waals surface area contributed by atoms with Gasteiger partial charge in [0.25, 0.3) is 0 Å². The van der Waals surface area contributed by atoms with Gasteiger partial charge in [-0.15, -0.1) is 10.2 Å². The third kappa shape index (κ3) is 4.83. The van der Waals surface area contributed by atoms with Gasteiger partial charge in [-0.3, -0.25) is 4.79 Å². The number of nitrogens with zero attached hydrogens (tertiary/aromatic N) is 2. The smallest absolute Gasteiger partial charge is 0.234 e. The number of methoxy groups -OCH3 is 1. The second kappa shape index (κ2) is 8.82. The molecule has 1 N–H and O–H groups in total. The molecule has 132 valence electrons. The molecular weight excluding hydrogens is 414 g/mol. The molecule has 1 amide bonds. The molecule has 26 heavy (non-hydrogen) atoms. The topological polar surface area (TPSA) is 64.1 Å². The minimum Gasteiger partial charge on any atom is -0.496 e. The van der Waals surface area contributed by atoms with Crippen LogP contribution in [0.25, 0.3) is 11.3 Å². The van der Waals surface area contributed by atoms with Gasteiger partial charge in [0.05, 0.1) is 18.6 Å². The summed E-state index contributed by atoms with van der Waals surface area (Å²) in [6, 6.07) is 18.8. The fraction of sp³-hybridized carbons (Fsp3) is 0.105. The monoisotopic (exact) mass is 429 g/mol. The number of hydrogen-bond acceptors (Lipinski definition) is 5. The predicted octanol–water partition coefficient (Wildman–Crippen LogP) is 4.65. The molecule has 0 aliphatic carbocycles. The molecule has 0 radical (unpaired) electrons. The lowest BCUT2D eigenvalue weighted by molar-refractivity contribution is -0.113. The Kier molecular flexibility index (Phi) is 6.25. The first-order valence-corrected chi connectivity index (χ1v) is 9.59. The summed E-state index contributed by atoms with van der Waals surface area (Å²) in [5, 5.41) is 12.0. The average molecular weight is 430 g/mol. The van der Waals surface area contributed by atoms with E-state index >= 15 is 0 Å². The first-order chi connectivity index (χ1) is 12.7. The Balaban J connectivity index is 1.59. The third-order valence-electron chi connectivity index (χ3n) is 3.50. The van der Waals surface area contributed by atoms with Crippen LogP contribution in [0, 0.1) is 0 Å². The standard InChI is InChI=1S/C19H16BrN3O2S/c1-25-17-5-3-2-4-15(17)16-10-11-19(23-22-16)26-12-18(24)21-14-8-6-13(20)7-9-14/h2-11H,12H2,1H3,(H,21,24). The van der Waals surface area contributed by atoms with Crippen molar-refractivity contribution >= 4 is 39.3 Å². The zero-order valence-electron chi connectivity index (χ0n) is 14.0. The molecule has 2 aromatic carbocycles. The molecule has 0 atom stereocenters. The summed E-state index contributed by atoms with van der Waals surface area (Å²) in [7, 11) is 1.63. The van der Waals surface area contributed by atoms with Crippen molar-refractivity contribution in [3.05, 3.63) is 65.1 Å². The number of amides is 1. The molecule has 5 nitrogen and oxygen atoms in total. The van der Waals surface area contributed by atoms with Crippen LogP contribution in [0.15, 0.2) is 70.2 Å². The number of carbonyl (C=O) groups excluding carboxylic acids is 1. The molecule has 0 aliphatic heterocycles. The molecule has 1 heterocycles. The first-order valence-electron chi connectivity index (χ1n) is 7.81. The maximum absolute atomic E-state index is 12.0. The van der Waals surface area contributed by atoms with Crippen molar-refractivity contribution in [3.63, 3.8) is 0 Å². The molecule has 7 heteroatoms. The van der Waals surface area contributed by atoms with Crippen LogP contribution in [0.2, 0.25) is 0 Å². The van der Waals surface area contributed by atoms with Crippen molar-refractivity contribution in [2.24, 2.45) is 0 Å². The third-order valence-corrected chi connectivity index (χ3v) is 4.95. The normalized spacial score (nSPS) is 10.4. The molecule has 0 bridgehead atoms. The largest absolute Gasteiger partial charge is 0.496 e. The van der Waals surface area contributed by atoms with Crippen molar-refractivity contribution in [3.8, 4) is 17.0 Å². The van der Waals surface area contributed by atoms with E-state index in [-0.39, 0.29) is 11.7 Å². The maximum atomic E-state index is 12.0. The van der Waals surface area contributed by atoms with Gasteiger partial charge in [-0.05, 0) is 48.5 Å². The summed E-state index contributed by atoms with van der Waals surface area (Å²) in [6.45, 7) is 0. The minimum absolute atomic E-state index is 0.0899. The highest BCUT2D eigenvalue weighted by Crippen LogP contribution is 2.28. The van der Waals surface area contributed by atoms with E-state index in [1.165, 1.54) is 11.8 Å². The van der Waals surface area contributed by atoms with E-state index in [0.29, 0.717) is 5.03 Å². The van der Waals surface area contributed by atoms with Crippen LogP contribution in [0.4, 0.5) is 5.69 Å². The lowest BCUT2D eigenvalue weighted by atomic mass is 10.1. The van der Waals surface area contributed by atoms with Crippen molar-refractivity contribution in [1.82, 2.24) is 10.2 Å². The second-order valence-corrected chi connectivity index (χ2v) is 7.21. The van der Waals surface area contributed by atoms with Crippen LogP contribution < -0.4 is 10.1 Å². The molecule has 0 fully saturated rings. The molecule has 0 saturated carbocycles. The van der Waals surface area contributed by atoms with E-state index in [0.717, 1.165) is 27.2 Å². The zero-order chi connectivity index (χ0) is 18.4. The van der Waals surface area contributed by atoms with E-state index < -0.39 is 0 Å². The summed E-state index contributed by atoms with van der Waals surface area (Å²) in [5.74, 6) is 0.919.